The molecule has 1 heterocycles. The Labute approximate surface area is 57.8 Å². The van der Waals surface area contributed by atoms with E-state index in [2.05, 4.69) is 0 Å². The average Bonchev–Trinajstić information content (AvgIpc) is 2.04. The molecule has 1 rings (SSSR count). The molecule has 10 heavy (non-hydrogen) atoms. The maximum Gasteiger partial charge on any atom is 0.446 e. The van der Waals surface area contributed by atoms with Gasteiger partial charge in [0.1, 0.15) is 6.07 Å². The molecule has 0 atom stereocenters. The van der Waals surface area contributed by atoms with E-state index in [1.165, 1.54) is 12.3 Å². The van der Waals surface area contributed by atoms with Crippen LogP contribution in [0.4, 0.5) is 0 Å². The maximum absolute atomic E-state index is 8.39. The van der Waals surface area contributed by atoms with E-state index in [1.54, 1.807) is 12.1 Å². The Balaban J connectivity index is 3.28. The van der Waals surface area contributed by atoms with Crippen molar-refractivity contribution in [2.75, 3.05) is 0 Å². The molecule has 0 aliphatic heterocycles. The lowest BCUT2D eigenvalue weighted by molar-refractivity contribution is 0.533. The van der Waals surface area contributed by atoms with Gasteiger partial charge in [-0.25, -0.2) is 4.42 Å². The SMILES string of the molecule is N#Cc1ccc[o+]c1C#N. The van der Waals surface area contributed by atoms with Crippen molar-refractivity contribution in [2.24, 2.45) is 0 Å². The predicted molar refractivity (Wildman–Crippen MR) is 32.5 cm³/mol. The zero-order valence-electron chi connectivity index (χ0n) is 5.03. The molecule has 0 aromatic carbocycles. The Kier molecular flexibility index (Phi) is 1.63. The van der Waals surface area contributed by atoms with Crippen molar-refractivity contribution in [1.29, 1.82) is 10.5 Å². The summed E-state index contributed by atoms with van der Waals surface area (Å²) in [6.07, 6.45) is 1.36. The molecular weight excluding hydrogens is 128 g/mol. The minimum Gasteiger partial charge on any atom is -0.203 e. The lowest BCUT2D eigenvalue weighted by atomic mass is 10.2. The third-order valence-electron chi connectivity index (χ3n) is 0.994. The van der Waals surface area contributed by atoms with Gasteiger partial charge in [0.15, 0.2) is 5.56 Å². The standard InChI is InChI=1S/C7H3N2O/c8-4-6-2-1-3-10-7(6)5-9/h1-3H/q+1. The van der Waals surface area contributed by atoms with Crippen LogP contribution < -0.4 is 0 Å². The molecule has 1 aromatic rings. The Morgan fingerprint density at radius 2 is 2.10 bits per heavy atom. The van der Waals surface area contributed by atoms with Gasteiger partial charge in [-0.15, -0.1) is 0 Å². The normalized spacial score (nSPS) is 7.80. The summed E-state index contributed by atoms with van der Waals surface area (Å²) in [7, 11) is 0. The van der Waals surface area contributed by atoms with Gasteiger partial charge in [-0.3, -0.25) is 0 Å². The van der Waals surface area contributed by atoms with Gasteiger partial charge in [-0.2, -0.15) is 10.5 Å². The number of nitriles is 2. The van der Waals surface area contributed by atoms with Gasteiger partial charge >= 0.3 is 12.0 Å². The molecule has 0 saturated carbocycles. The van der Waals surface area contributed by atoms with Crippen LogP contribution in [0.15, 0.2) is 22.8 Å². The second-order valence-corrected chi connectivity index (χ2v) is 1.58. The fraction of sp³-hybridized carbons (Fsp3) is 0. The molecule has 46 valence electrons. The Hall–Kier alpha value is -1.87. The number of hydrogen-bond acceptors (Lipinski definition) is 2. The summed E-state index contributed by atoms with van der Waals surface area (Å²) in [4.78, 5) is 0. The molecule has 0 aliphatic carbocycles. The van der Waals surface area contributed by atoms with E-state index in [9.17, 15) is 0 Å². The topological polar surface area (TPSA) is 58.9 Å². The Morgan fingerprint density at radius 1 is 1.30 bits per heavy atom. The lowest BCUT2D eigenvalue weighted by Gasteiger charge is -1.75. The van der Waals surface area contributed by atoms with E-state index < -0.39 is 0 Å². The third kappa shape index (κ3) is 0.936. The molecule has 0 fully saturated rings. The molecule has 0 N–H and O–H groups in total. The molecule has 3 nitrogen and oxygen atoms in total. The fourth-order valence-corrected chi connectivity index (χ4v) is 0.557. The van der Waals surface area contributed by atoms with Crippen LogP contribution in [0.5, 0.6) is 0 Å². The summed E-state index contributed by atoms with van der Waals surface area (Å²) in [6.45, 7) is 0. The summed E-state index contributed by atoms with van der Waals surface area (Å²) in [5, 5.41) is 16.7. The van der Waals surface area contributed by atoms with Crippen LogP contribution in [-0.4, -0.2) is 0 Å². The zero-order valence-corrected chi connectivity index (χ0v) is 5.03. The molecule has 3 heteroatoms. The van der Waals surface area contributed by atoms with Crippen LogP contribution in [0.1, 0.15) is 11.3 Å². The summed E-state index contributed by atoms with van der Waals surface area (Å²) in [6, 6.07) is 6.69. The summed E-state index contributed by atoms with van der Waals surface area (Å²) < 4.78 is 4.71. The second kappa shape index (κ2) is 2.61. The predicted octanol–water partition coefficient (Wildman–Crippen LogP) is 1.30. The van der Waals surface area contributed by atoms with Crippen molar-refractivity contribution >= 4 is 0 Å². The molecule has 0 aliphatic rings. The number of hydrogen-bond donors (Lipinski definition) is 0. The van der Waals surface area contributed by atoms with Crippen LogP contribution in [0.3, 0.4) is 0 Å². The molecular formula is C7H3N2O+. The van der Waals surface area contributed by atoms with E-state index >= 15 is 0 Å². The van der Waals surface area contributed by atoms with Gasteiger partial charge in [0.25, 0.3) is 0 Å². The van der Waals surface area contributed by atoms with Gasteiger partial charge in [0.2, 0.25) is 6.07 Å². The molecule has 0 saturated heterocycles. The first kappa shape index (κ1) is 6.25. The van der Waals surface area contributed by atoms with E-state index in [1.807, 2.05) is 6.07 Å². The van der Waals surface area contributed by atoms with Crippen molar-refractivity contribution in [3.63, 3.8) is 0 Å². The molecule has 1 aromatic heterocycles. The minimum atomic E-state index is 0.0602. The van der Waals surface area contributed by atoms with Gasteiger partial charge < -0.3 is 0 Å². The number of rotatable bonds is 0. The van der Waals surface area contributed by atoms with Crippen molar-refractivity contribution < 1.29 is 4.42 Å². The number of nitrogens with zero attached hydrogens (tertiary/aromatic N) is 2. The minimum absolute atomic E-state index is 0.0602. The highest BCUT2D eigenvalue weighted by atomic mass is 16.3. The van der Waals surface area contributed by atoms with E-state index in [-0.39, 0.29) is 11.3 Å². The van der Waals surface area contributed by atoms with E-state index in [0.29, 0.717) is 0 Å². The van der Waals surface area contributed by atoms with E-state index in [4.69, 9.17) is 14.9 Å². The van der Waals surface area contributed by atoms with Gasteiger partial charge in [0.05, 0.1) is 0 Å². The highest BCUT2D eigenvalue weighted by Crippen LogP contribution is 2.03. The molecule has 0 bridgehead atoms. The summed E-state index contributed by atoms with van der Waals surface area (Å²) in [5.41, 5.74) is 0.269. The molecule has 0 amide bonds. The largest absolute Gasteiger partial charge is 0.446 e. The summed E-state index contributed by atoms with van der Waals surface area (Å²) in [5.74, 6) is 0.0602. The Morgan fingerprint density at radius 3 is 2.60 bits per heavy atom. The average molecular weight is 131 g/mol. The highest BCUT2D eigenvalue weighted by Gasteiger charge is 2.11. The lowest BCUT2D eigenvalue weighted by Crippen LogP contribution is -1.79. The second-order valence-electron chi connectivity index (χ2n) is 1.58. The van der Waals surface area contributed by atoms with Crippen LogP contribution in [0.2, 0.25) is 0 Å². The molecule has 0 radical (unpaired) electrons. The smallest absolute Gasteiger partial charge is 0.203 e. The fourth-order valence-electron chi connectivity index (χ4n) is 0.557. The molecule has 0 spiro atoms. The van der Waals surface area contributed by atoms with Gasteiger partial charge in [0, 0.05) is 6.07 Å². The van der Waals surface area contributed by atoms with Gasteiger partial charge in [-0.1, -0.05) is 0 Å². The van der Waals surface area contributed by atoms with E-state index in [0.717, 1.165) is 0 Å². The first-order valence-electron chi connectivity index (χ1n) is 2.59. The van der Waals surface area contributed by atoms with Crippen molar-refractivity contribution in [2.45, 2.75) is 0 Å². The highest BCUT2D eigenvalue weighted by molar-refractivity contribution is 5.37. The quantitative estimate of drug-likeness (QED) is 0.498. The molecule has 0 unspecified atom stereocenters. The third-order valence-corrected chi connectivity index (χ3v) is 0.994. The first-order valence-corrected chi connectivity index (χ1v) is 2.59. The van der Waals surface area contributed by atoms with Crippen LogP contribution >= 0.6 is 0 Å². The monoisotopic (exact) mass is 131 g/mol. The van der Waals surface area contributed by atoms with Crippen molar-refractivity contribution in [3.8, 4) is 12.1 Å². The van der Waals surface area contributed by atoms with Crippen LogP contribution in [-0.2, 0) is 0 Å². The van der Waals surface area contributed by atoms with Crippen LogP contribution in [0.25, 0.3) is 0 Å². The summed E-state index contributed by atoms with van der Waals surface area (Å²) >= 11 is 0. The van der Waals surface area contributed by atoms with Crippen molar-refractivity contribution in [3.05, 3.63) is 29.7 Å². The van der Waals surface area contributed by atoms with Crippen LogP contribution in [0, 0.1) is 22.7 Å². The first-order chi connectivity index (χ1) is 4.88. The van der Waals surface area contributed by atoms with Crippen molar-refractivity contribution in [1.82, 2.24) is 0 Å². The zero-order chi connectivity index (χ0) is 7.40. The Bertz CT molecular complexity index is 286. The van der Waals surface area contributed by atoms with Gasteiger partial charge in [-0.05, 0) is 6.07 Å². The maximum atomic E-state index is 8.39.